The Hall–Kier alpha value is -2.33. The van der Waals surface area contributed by atoms with Crippen molar-refractivity contribution in [3.63, 3.8) is 0 Å². The van der Waals surface area contributed by atoms with Crippen LogP contribution < -0.4 is 5.32 Å². The number of halogens is 5. The maximum Gasteiger partial charge on any atom is 0.420 e. The van der Waals surface area contributed by atoms with Crippen molar-refractivity contribution in [1.82, 2.24) is 15.1 Å². The molecule has 1 saturated carbocycles. The lowest BCUT2D eigenvalue weighted by molar-refractivity contribution is -0.137. The molecule has 5 nitrogen and oxygen atoms in total. The first-order valence-electron chi connectivity index (χ1n) is 11.7. The van der Waals surface area contributed by atoms with Gasteiger partial charge >= 0.3 is 6.18 Å². The first-order chi connectivity index (χ1) is 16.3. The Morgan fingerprint density at radius 3 is 2.38 bits per heavy atom. The fraction of sp³-hybridized carbons (Fsp3) is 0.583. The summed E-state index contributed by atoms with van der Waals surface area (Å²) in [6.45, 7) is 4.65. The average molecular weight is 482 g/mol. The normalized spacial score (nSPS) is 26.1. The van der Waals surface area contributed by atoms with Gasteiger partial charge in [-0.05, 0) is 67.7 Å². The van der Waals surface area contributed by atoms with Crippen molar-refractivity contribution in [2.45, 2.75) is 37.9 Å². The van der Waals surface area contributed by atoms with Gasteiger partial charge in [-0.15, -0.1) is 10.2 Å². The van der Waals surface area contributed by atoms with E-state index >= 15 is 0 Å². The first-order valence-corrected chi connectivity index (χ1v) is 11.7. The SMILES string of the molecule is Fc1ccc(F)c(-c2cc(C(F)(F)F)c(NC3C[C@@H]4CN(CC5CCOCC5)C[C@@H]4C3)nn2)c1. The van der Waals surface area contributed by atoms with Crippen molar-refractivity contribution in [2.24, 2.45) is 17.8 Å². The van der Waals surface area contributed by atoms with E-state index in [4.69, 9.17) is 4.74 Å². The van der Waals surface area contributed by atoms with Crippen LogP contribution in [0, 0.1) is 29.4 Å². The maximum atomic E-state index is 14.1. The third kappa shape index (κ3) is 5.02. The van der Waals surface area contributed by atoms with Crippen LogP contribution in [0.2, 0.25) is 0 Å². The van der Waals surface area contributed by atoms with Crippen molar-refractivity contribution >= 4 is 5.82 Å². The van der Waals surface area contributed by atoms with Gasteiger partial charge in [0.1, 0.15) is 17.2 Å². The molecule has 0 radical (unpaired) electrons. The number of benzene rings is 1. The maximum absolute atomic E-state index is 14.1. The molecule has 3 fully saturated rings. The monoisotopic (exact) mass is 482 g/mol. The number of ether oxygens (including phenoxy) is 1. The molecule has 3 aliphatic rings. The van der Waals surface area contributed by atoms with Crippen LogP contribution in [-0.4, -0.2) is 54.0 Å². The van der Waals surface area contributed by atoms with E-state index < -0.39 is 23.4 Å². The van der Waals surface area contributed by atoms with Crippen LogP contribution in [0.15, 0.2) is 24.3 Å². The molecule has 5 rings (SSSR count). The van der Waals surface area contributed by atoms with Crippen LogP contribution in [0.25, 0.3) is 11.3 Å². The van der Waals surface area contributed by atoms with Gasteiger partial charge in [0.2, 0.25) is 0 Å². The predicted octanol–water partition coefficient (Wildman–Crippen LogP) is 4.99. The summed E-state index contributed by atoms with van der Waals surface area (Å²) in [5.74, 6) is -0.443. The van der Waals surface area contributed by atoms with Gasteiger partial charge in [-0.1, -0.05) is 0 Å². The molecule has 1 aliphatic carbocycles. The number of alkyl halides is 3. The highest BCUT2D eigenvalue weighted by Crippen LogP contribution is 2.42. The van der Waals surface area contributed by atoms with Crippen LogP contribution >= 0.6 is 0 Å². The summed E-state index contributed by atoms with van der Waals surface area (Å²) in [4.78, 5) is 2.49. The van der Waals surface area contributed by atoms with Crippen molar-refractivity contribution in [3.8, 4) is 11.3 Å². The number of nitrogens with one attached hydrogen (secondary N) is 1. The summed E-state index contributed by atoms with van der Waals surface area (Å²) in [5, 5.41) is 10.5. The summed E-state index contributed by atoms with van der Waals surface area (Å²) in [6, 6.07) is 3.17. The van der Waals surface area contributed by atoms with E-state index in [1.165, 1.54) is 0 Å². The van der Waals surface area contributed by atoms with Gasteiger partial charge in [0.05, 0.1) is 5.69 Å². The number of nitrogens with zero attached hydrogens (tertiary/aromatic N) is 3. The standard InChI is InChI=1S/C24H27F5N4O/c25-17-1-2-21(26)19(9-17)22-10-20(24(27,28)29)23(32-31-22)30-18-7-15-12-33(13-16(15)8-18)11-14-3-5-34-6-4-14/h1-2,9-10,14-16,18H,3-8,11-13H2,(H,30,32)/t15-,16+,18?. The third-order valence-electron chi connectivity index (χ3n) is 7.33. The van der Waals surface area contributed by atoms with Crippen LogP contribution in [0.5, 0.6) is 0 Å². The molecule has 34 heavy (non-hydrogen) atoms. The zero-order chi connectivity index (χ0) is 23.9. The number of fused-ring (bicyclic) bond motifs is 1. The van der Waals surface area contributed by atoms with Crippen molar-refractivity contribution in [3.05, 3.63) is 41.5 Å². The molecule has 10 heteroatoms. The lowest BCUT2D eigenvalue weighted by Gasteiger charge is -2.28. The number of rotatable bonds is 5. The Labute approximate surface area is 194 Å². The highest BCUT2D eigenvalue weighted by atomic mass is 19.4. The second-order valence-electron chi connectivity index (χ2n) is 9.72. The predicted molar refractivity (Wildman–Crippen MR) is 116 cm³/mol. The Kier molecular flexibility index (Phi) is 6.45. The summed E-state index contributed by atoms with van der Waals surface area (Å²) >= 11 is 0. The second kappa shape index (κ2) is 9.37. The number of hydrogen-bond acceptors (Lipinski definition) is 5. The smallest absolute Gasteiger partial charge is 0.381 e. The molecule has 2 aromatic rings. The minimum Gasteiger partial charge on any atom is -0.381 e. The van der Waals surface area contributed by atoms with Gasteiger partial charge in [-0.3, -0.25) is 0 Å². The highest BCUT2D eigenvalue weighted by molar-refractivity contribution is 5.63. The van der Waals surface area contributed by atoms with E-state index in [-0.39, 0.29) is 23.1 Å². The minimum absolute atomic E-state index is 0.132. The largest absolute Gasteiger partial charge is 0.420 e. The van der Waals surface area contributed by atoms with Gasteiger partial charge in [-0.25, -0.2) is 8.78 Å². The van der Waals surface area contributed by atoms with E-state index in [9.17, 15) is 22.0 Å². The molecule has 1 aromatic heterocycles. The first kappa shape index (κ1) is 23.4. The van der Waals surface area contributed by atoms with Gasteiger partial charge in [0.15, 0.2) is 5.82 Å². The Morgan fingerprint density at radius 1 is 1.00 bits per heavy atom. The quantitative estimate of drug-likeness (QED) is 0.609. The van der Waals surface area contributed by atoms with E-state index in [0.717, 1.165) is 82.8 Å². The number of anilines is 1. The van der Waals surface area contributed by atoms with Crippen LogP contribution in [0.4, 0.5) is 27.8 Å². The van der Waals surface area contributed by atoms with E-state index in [1.807, 2.05) is 0 Å². The summed E-state index contributed by atoms with van der Waals surface area (Å²) < 4.78 is 74.5. The van der Waals surface area contributed by atoms with Gasteiger partial charge in [-0.2, -0.15) is 13.2 Å². The Bertz CT molecular complexity index is 1010. The molecular weight excluding hydrogens is 455 g/mol. The molecule has 2 saturated heterocycles. The molecule has 3 heterocycles. The molecule has 2 aliphatic heterocycles. The molecule has 1 aromatic carbocycles. The third-order valence-corrected chi connectivity index (χ3v) is 7.33. The van der Waals surface area contributed by atoms with E-state index in [2.05, 4.69) is 20.4 Å². The van der Waals surface area contributed by atoms with Gasteiger partial charge < -0.3 is 15.0 Å². The van der Waals surface area contributed by atoms with Gasteiger partial charge in [0.25, 0.3) is 0 Å². The molecule has 0 spiro atoms. The number of likely N-dealkylation sites (tertiary alicyclic amines) is 1. The van der Waals surface area contributed by atoms with Crippen LogP contribution in [0.3, 0.4) is 0 Å². The van der Waals surface area contributed by atoms with E-state index in [0.29, 0.717) is 17.8 Å². The minimum atomic E-state index is -4.72. The molecule has 184 valence electrons. The average Bonchev–Trinajstić information content (AvgIpc) is 3.33. The molecule has 0 bridgehead atoms. The van der Waals surface area contributed by atoms with Gasteiger partial charge in [0, 0.05) is 44.5 Å². The zero-order valence-electron chi connectivity index (χ0n) is 18.6. The summed E-state index contributed by atoms with van der Waals surface area (Å²) in [7, 11) is 0. The highest BCUT2D eigenvalue weighted by Gasteiger charge is 2.43. The molecule has 3 atom stereocenters. The Morgan fingerprint density at radius 2 is 1.71 bits per heavy atom. The number of hydrogen-bond donors (Lipinski definition) is 1. The summed E-state index contributed by atoms with van der Waals surface area (Å²) in [6.07, 6.45) is -0.997. The van der Waals surface area contributed by atoms with Crippen LogP contribution in [-0.2, 0) is 10.9 Å². The zero-order valence-corrected chi connectivity index (χ0v) is 18.6. The molecule has 0 amide bonds. The fourth-order valence-corrected chi connectivity index (χ4v) is 5.69. The summed E-state index contributed by atoms with van der Waals surface area (Å²) in [5.41, 5.74) is -1.74. The molecule has 1 unspecified atom stereocenters. The topological polar surface area (TPSA) is 50.3 Å². The van der Waals surface area contributed by atoms with Crippen LogP contribution in [0.1, 0.15) is 31.2 Å². The van der Waals surface area contributed by atoms with Crippen molar-refractivity contribution in [2.75, 3.05) is 38.2 Å². The second-order valence-corrected chi connectivity index (χ2v) is 9.72. The molecule has 1 N–H and O–H groups in total. The fourth-order valence-electron chi connectivity index (χ4n) is 5.69. The Balaban J connectivity index is 1.26. The van der Waals surface area contributed by atoms with Crippen molar-refractivity contribution < 1.29 is 26.7 Å². The number of aromatic nitrogens is 2. The van der Waals surface area contributed by atoms with E-state index in [1.54, 1.807) is 0 Å². The lowest BCUT2D eigenvalue weighted by Crippen LogP contribution is -2.32. The van der Waals surface area contributed by atoms with Crippen molar-refractivity contribution in [1.29, 1.82) is 0 Å². The molecular formula is C24H27F5N4O. The lowest BCUT2D eigenvalue weighted by atomic mass is 10.00.